The molecular weight excluding hydrogens is 462 g/mol. The Morgan fingerprint density at radius 3 is 1.53 bits per heavy atom. The average molecular weight is 526 g/mol. The number of benzene rings is 2. The SMILES string of the molecule is C/C=C\c1cc(N)ccc1C.C=C.C=CC(C)=O.CC.CC.CCCC(C)CCC.Cc1ccc(C)cc1. The van der Waals surface area contributed by atoms with Gasteiger partial charge in [0.25, 0.3) is 0 Å². The van der Waals surface area contributed by atoms with Gasteiger partial charge >= 0.3 is 0 Å². The molecule has 0 saturated heterocycles. The fourth-order valence-corrected chi connectivity index (χ4v) is 2.78. The number of hydrogen-bond donors (Lipinski definition) is 1. The van der Waals surface area contributed by atoms with Gasteiger partial charge in [0.15, 0.2) is 5.78 Å². The van der Waals surface area contributed by atoms with E-state index in [2.05, 4.69) is 91.6 Å². The Labute approximate surface area is 239 Å². The van der Waals surface area contributed by atoms with E-state index in [0.717, 1.165) is 11.6 Å². The van der Waals surface area contributed by atoms with Crippen LogP contribution in [-0.4, -0.2) is 5.78 Å². The van der Waals surface area contributed by atoms with Crippen molar-refractivity contribution in [3.8, 4) is 0 Å². The number of anilines is 1. The molecule has 0 radical (unpaired) electrons. The number of nitrogens with two attached hydrogens (primary N) is 1. The van der Waals surface area contributed by atoms with Gasteiger partial charge in [0.1, 0.15) is 0 Å². The standard InChI is InChI=1S/C10H13N.C8H10.C8H18.C4H6O.2C2H6.C2H4/c1-3-4-9-7-10(11)6-5-8(9)2;1-7-3-5-8(2)6-4-7;1-4-6-8(3)7-5-2;1-3-4(2)5;3*1-2/h3-7H,11H2,1-2H3;3-6H,1-2H3;8H,4-7H2,1-3H3;3H,1H2,2H3;2*1-2H3;1-2H2/b4-3-;;;;;;. The van der Waals surface area contributed by atoms with Gasteiger partial charge in [-0.05, 0) is 69.9 Å². The number of aryl methyl sites for hydroxylation is 3. The summed E-state index contributed by atoms with van der Waals surface area (Å²) in [5.74, 6) is 0.981. The van der Waals surface area contributed by atoms with E-state index in [1.165, 1.54) is 60.9 Å². The maximum absolute atomic E-state index is 9.69. The Morgan fingerprint density at radius 2 is 1.24 bits per heavy atom. The largest absolute Gasteiger partial charge is 0.399 e. The highest BCUT2D eigenvalue weighted by atomic mass is 16.1. The van der Waals surface area contributed by atoms with Crippen LogP contribution >= 0.6 is 0 Å². The number of carbonyl (C=O) groups is 1. The lowest BCUT2D eigenvalue weighted by molar-refractivity contribution is -0.112. The van der Waals surface area contributed by atoms with Crippen LogP contribution in [0.25, 0.3) is 6.08 Å². The zero-order chi connectivity index (χ0) is 30.9. The molecule has 0 aliphatic rings. The first-order valence-electron chi connectivity index (χ1n) is 14.3. The second-order valence-electron chi connectivity index (χ2n) is 8.27. The minimum atomic E-state index is 0.0185. The first kappa shape index (κ1) is 45.1. The van der Waals surface area contributed by atoms with Crippen LogP contribution in [-0.2, 0) is 4.79 Å². The molecule has 0 bridgehead atoms. The molecule has 2 heteroatoms. The van der Waals surface area contributed by atoms with Crippen LogP contribution in [0, 0.1) is 26.7 Å². The van der Waals surface area contributed by atoms with Crippen LogP contribution in [0.15, 0.2) is 74.4 Å². The molecule has 2 rings (SSSR count). The van der Waals surface area contributed by atoms with E-state index in [-0.39, 0.29) is 5.78 Å². The Hall–Kier alpha value is -2.87. The molecule has 0 saturated carbocycles. The molecule has 0 aromatic heterocycles. The van der Waals surface area contributed by atoms with Gasteiger partial charge in [-0.25, -0.2) is 0 Å². The summed E-state index contributed by atoms with van der Waals surface area (Å²) in [5, 5.41) is 0. The molecule has 0 aliphatic carbocycles. The van der Waals surface area contributed by atoms with Crippen molar-refractivity contribution in [2.75, 3.05) is 5.73 Å². The summed E-state index contributed by atoms with van der Waals surface area (Å²) in [7, 11) is 0. The Balaban J connectivity index is -0.000000122. The van der Waals surface area contributed by atoms with Crippen LogP contribution in [0.4, 0.5) is 5.69 Å². The van der Waals surface area contributed by atoms with Gasteiger partial charge in [-0.1, -0.05) is 134 Å². The number of ketones is 1. The summed E-state index contributed by atoms with van der Waals surface area (Å²) in [5.41, 5.74) is 11.6. The average Bonchev–Trinajstić information content (AvgIpc) is 2.93. The normalized spacial score (nSPS) is 8.55. The summed E-state index contributed by atoms with van der Waals surface area (Å²) in [6, 6.07) is 14.4. The number of rotatable bonds is 6. The fourth-order valence-electron chi connectivity index (χ4n) is 2.78. The van der Waals surface area contributed by atoms with E-state index in [1.807, 2.05) is 58.9 Å². The third-order valence-corrected chi connectivity index (χ3v) is 4.72. The van der Waals surface area contributed by atoms with Crippen LogP contribution < -0.4 is 5.73 Å². The van der Waals surface area contributed by atoms with Crippen molar-refractivity contribution < 1.29 is 4.79 Å². The number of nitrogen functional groups attached to an aromatic ring is 1. The lowest BCUT2D eigenvalue weighted by atomic mass is 10.0. The topological polar surface area (TPSA) is 43.1 Å². The van der Waals surface area contributed by atoms with Crippen molar-refractivity contribution in [1.29, 1.82) is 0 Å². The molecule has 0 atom stereocenters. The highest BCUT2D eigenvalue weighted by Gasteiger charge is 1.96. The second-order valence-corrected chi connectivity index (χ2v) is 8.27. The maximum Gasteiger partial charge on any atom is 0.152 e. The molecule has 0 amide bonds. The molecule has 0 spiro atoms. The Kier molecular flexibility index (Phi) is 43.0. The number of hydrogen-bond acceptors (Lipinski definition) is 2. The van der Waals surface area contributed by atoms with Crippen molar-refractivity contribution in [2.45, 2.75) is 109 Å². The molecule has 218 valence electrons. The van der Waals surface area contributed by atoms with Gasteiger partial charge < -0.3 is 5.73 Å². The third-order valence-electron chi connectivity index (χ3n) is 4.72. The predicted octanol–water partition coefficient (Wildman–Crippen LogP) is 11.8. The molecule has 2 aromatic rings. The summed E-state index contributed by atoms with van der Waals surface area (Å²) in [6.45, 7) is 33.8. The van der Waals surface area contributed by atoms with Gasteiger partial charge in [0.05, 0.1) is 0 Å². The van der Waals surface area contributed by atoms with Crippen molar-refractivity contribution in [3.05, 3.63) is 96.6 Å². The third kappa shape index (κ3) is 35.3. The van der Waals surface area contributed by atoms with Gasteiger partial charge in [0.2, 0.25) is 0 Å². The fraction of sp³-hybridized carbons (Fsp3) is 0.472. The molecule has 0 heterocycles. The van der Waals surface area contributed by atoms with Crippen LogP contribution in [0.2, 0.25) is 0 Å². The Morgan fingerprint density at radius 1 is 0.868 bits per heavy atom. The molecule has 2 nitrogen and oxygen atoms in total. The van der Waals surface area contributed by atoms with Crippen LogP contribution in [0.3, 0.4) is 0 Å². The maximum atomic E-state index is 9.69. The smallest absolute Gasteiger partial charge is 0.152 e. The number of allylic oxidation sites excluding steroid dienone is 2. The molecule has 0 fully saturated rings. The van der Waals surface area contributed by atoms with Crippen molar-refractivity contribution in [3.63, 3.8) is 0 Å². The van der Waals surface area contributed by atoms with Crippen LogP contribution in [0.5, 0.6) is 0 Å². The monoisotopic (exact) mass is 525 g/mol. The van der Waals surface area contributed by atoms with E-state index in [9.17, 15) is 4.79 Å². The molecule has 0 unspecified atom stereocenters. The van der Waals surface area contributed by atoms with Gasteiger partial charge in [-0.15, -0.1) is 13.2 Å². The zero-order valence-corrected chi connectivity index (χ0v) is 27.3. The highest BCUT2D eigenvalue weighted by Crippen LogP contribution is 2.13. The molecule has 2 N–H and O–H groups in total. The van der Waals surface area contributed by atoms with Crippen molar-refractivity contribution >= 4 is 17.5 Å². The zero-order valence-electron chi connectivity index (χ0n) is 27.3. The molecule has 0 aliphatic heterocycles. The summed E-state index contributed by atoms with van der Waals surface area (Å²) in [4.78, 5) is 9.69. The van der Waals surface area contributed by atoms with E-state index in [1.54, 1.807) is 0 Å². The lowest BCUT2D eigenvalue weighted by Gasteiger charge is -2.05. The molecular formula is C36H63NO. The summed E-state index contributed by atoms with van der Waals surface area (Å²) < 4.78 is 0. The van der Waals surface area contributed by atoms with E-state index in [0.29, 0.717) is 0 Å². The van der Waals surface area contributed by atoms with E-state index in [4.69, 9.17) is 5.73 Å². The predicted molar refractivity (Wildman–Crippen MR) is 180 cm³/mol. The van der Waals surface area contributed by atoms with Gasteiger partial charge in [0, 0.05) is 5.69 Å². The summed E-state index contributed by atoms with van der Waals surface area (Å²) >= 11 is 0. The first-order valence-corrected chi connectivity index (χ1v) is 14.3. The second kappa shape index (κ2) is 36.3. The molecule has 38 heavy (non-hydrogen) atoms. The van der Waals surface area contributed by atoms with Crippen LogP contribution in [0.1, 0.15) is 110 Å². The Bertz CT molecular complexity index is 760. The van der Waals surface area contributed by atoms with Gasteiger partial charge in [-0.2, -0.15) is 0 Å². The minimum absolute atomic E-state index is 0.0185. The molecule has 2 aromatic carbocycles. The van der Waals surface area contributed by atoms with Crippen molar-refractivity contribution in [1.82, 2.24) is 0 Å². The lowest BCUT2D eigenvalue weighted by Crippen LogP contribution is -1.91. The van der Waals surface area contributed by atoms with Crippen molar-refractivity contribution in [2.24, 2.45) is 5.92 Å². The first-order chi connectivity index (χ1) is 18.1. The summed E-state index contributed by atoms with van der Waals surface area (Å²) in [6.07, 6.45) is 10.9. The van der Waals surface area contributed by atoms with Gasteiger partial charge in [-0.3, -0.25) is 4.79 Å². The quantitative estimate of drug-likeness (QED) is 0.231. The van der Waals surface area contributed by atoms with E-state index >= 15 is 0 Å². The minimum Gasteiger partial charge on any atom is -0.399 e. The van der Waals surface area contributed by atoms with E-state index < -0.39 is 0 Å². The number of carbonyl (C=O) groups excluding carboxylic acids is 1. The highest BCUT2D eigenvalue weighted by molar-refractivity contribution is 5.86.